The predicted octanol–water partition coefficient (Wildman–Crippen LogP) is -4.06. The van der Waals surface area contributed by atoms with Gasteiger partial charge in [0.05, 0.1) is 0 Å². The maximum absolute atomic E-state index is 8.97. The average Bonchev–Trinajstić information content (AvgIpc) is 1.35. The average molecular weight is 246 g/mol. The van der Waals surface area contributed by atoms with E-state index in [-0.39, 0.29) is 68.9 Å². The van der Waals surface area contributed by atoms with Crippen LogP contribution in [-0.4, -0.2) is 18.2 Å². The van der Waals surface area contributed by atoms with Gasteiger partial charge in [-0.1, -0.05) is 0 Å². The molecule has 0 rings (SSSR count). The molecule has 0 bridgehead atoms. The van der Waals surface area contributed by atoms with E-state index in [4.69, 9.17) is 18.2 Å². The van der Waals surface area contributed by atoms with Gasteiger partial charge in [-0.15, -0.1) is 4.33 Å². The summed E-state index contributed by atoms with van der Waals surface area (Å²) in [7, 11) is -4.86. The Morgan fingerprint density at radius 2 is 1.71 bits per heavy atom. The summed E-state index contributed by atoms with van der Waals surface area (Å²) in [6, 6.07) is 0. The van der Waals surface area contributed by atoms with Crippen molar-refractivity contribution < 1.29 is 91.5 Å². The Balaban J connectivity index is 0. The van der Waals surface area contributed by atoms with Crippen LogP contribution in [0.4, 0.5) is 0 Å². The van der Waals surface area contributed by atoms with Gasteiger partial charge in [-0.25, -0.2) is 13.7 Å². The number of hydrogen-bond acceptors (Lipinski definition) is 5. The molecule has 5 nitrogen and oxygen atoms in total. The Bertz CT molecular complexity index is 110. The minimum atomic E-state index is -4.86. The van der Waals surface area contributed by atoms with Crippen LogP contribution in [0.25, 0.3) is 0 Å². The standard InChI is InChI=1S/Cs.H2O5S/c;1-5-6(2,3)4/h;1H,(H,2,3,4)/q+1;/p-1. The molecule has 1 N–H and O–H groups in total. The van der Waals surface area contributed by atoms with E-state index in [1.807, 2.05) is 0 Å². The smallest absolute Gasteiger partial charge is 0.724 e. The molecule has 0 unspecified atom stereocenters. The van der Waals surface area contributed by atoms with Crippen LogP contribution in [0.1, 0.15) is 0 Å². The molecule has 0 aliphatic rings. The topological polar surface area (TPSA) is 86.7 Å². The molecule has 38 valence electrons. The van der Waals surface area contributed by atoms with E-state index in [9.17, 15) is 0 Å². The van der Waals surface area contributed by atoms with Crippen molar-refractivity contribution in [2.24, 2.45) is 0 Å². The molecule has 0 amide bonds. The van der Waals surface area contributed by atoms with Crippen molar-refractivity contribution in [2.45, 2.75) is 0 Å². The molecule has 7 heavy (non-hydrogen) atoms. The molecule has 0 atom stereocenters. The van der Waals surface area contributed by atoms with Crippen LogP contribution < -0.4 is 68.9 Å². The molecule has 0 fully saturated rings. The molecule has 0 aromatic carbocycles. The first-order valence-corrected chi connectivity index (χ1v) is 2.18. The number of rotatable bonds is 1. The van der Waals surface area contributed by atoms with Crippen molar-refractivity contribution in [3.8, 4) is 0 Å². The van der Waals surface area contributed by atoms with Crippen molar-refractivity contribution in [1.29, 1.82) is 0 Å². The molecule has 0 aliphatic heterocycles. The third-order valence-corrected chi connectivity index (χ3v) is 0.274. The van der Waals surface area contributed by atoms with Gasteiger partial charge in [-0.05, 0) is 0 Å². The zero-order chi connectivity index (χ0) is 5.21. The van der Waals surface area contributed by atoms with E-state index >= 15 is 0 Å². The summed E-state index contributed by atoms with van der Waals surface area (Å²) in [5.41, 5.74) is 0. The van der Waals surface area contributed by atoms with Crippen LogP contribution in [0.15, 0.2) is 0 Å². The maximum atomic E-state index is 8.97. The summed E-state index contributed by atoms with van der Waals surface area (Å²) >= 11 is 0. The van der Waals surface area contributed by atoms with Gasteiger partial charge >= 0.3 is 68.9 Å². The Labute approximate surface area is 99.4 Å². The van der Waals surface area contributed by atoms with Gasteiger partial charge < -0.3 is 4.55 Å². The summed E-state index contributed by atoms with van der Waals surface area (Å²) < 4.78 is 29.3. The van der Waals surface area contributed by atoms with Gasteiger partial charge in [0.25, 0.3) is 0 Å². The first-order valence-electron chi connectivity index (χ1n) is 0.849. The van der Waals surface area contributed by atoms with Crippen LogP contribution in [-0.2, 0) is 14.7 Å². The van der Waals surface area contributed by atoms with Gasteiger partial charge in [0, 0.05) is 0 Å². The zero-order valence-corrected chi connectivity index (χ0v) is 10.6. The van der Waals surface area contributed by atoms with Crippen LogP contribution in [0.3, 0.4) is 0 Å². The van der Waals surface area contributed by atoms with Crippen LogP contribution in [0.2, 0.25) is 0 Å². The summed E-state index contributed by atoms with van der Waals surface area (Å²) in [5.74, 6) is 0. The van der Waals surface area contributed by atoms with E-state index < -0.39 is 10.4 Å². The molecule has 0 aliphatic carbocycles. The summed E-state index contributed by atoms with van der Waals surface area (Å²) in [6.45, 7) is 0. The van der Waals surface area contributed by atoms with Crippen molar-refractivity contribution in [1.82, 2.24) is 0 Å². The molecule has 0 saturated carbocycles. The number of hydrogen-bond donors (Lipinski definition) is 1. The van der Waals surface area contributed by atoms with E-state index in [0.717, 1.165) is 0 Å². The van der Waals surface area contributed by atoms with Gasteiger partial charge in [0.2, 0.25) is 10.4 Å². The molecule has 0 aromatic heterocycles. The molecule has 0 aromatic rings. The molecular weight excluding hydrogens is 245 g/mol. The van der Waals surface area contributed by atoms with Crippen LogP contribution in [0.5, 0.6) is 0 Å². The second-order valence-corrected chi connectivity index (χ2v) is 1.45. The Morgan fingerprint density at radius 3 is 1.71 bits per heavy atom. The summed E-state index contributed by atoms with van der Waals surface area (Å²) in [4.78, 5) is 0. The monoisotopic (exact) mass is 246 g/mol. The Hall–Kier alpha value is 1.88. The second-order valence-electron chi connectivity index (χ2n) is 0.483. The fraction of sp³-hybridized carbons (Fsp3) is 0. The first kappa shape index (κ1) is 11.7. The molecule has 7 heteroatoms. The minimum absolute atomic E-state index is 0. The molecule has 0 saturated heterocycles. The largest absolute Gasteiger partial charge is 1.00 e. The third-order valence-electron chi connectivity index (χ3n) is 0.0913. The van der Waals surface area contributed by atoms with Crippen molar-refractivity contribution in [2.75, 3.05) is 0 Å². The van der Waals surface area contributed by atoms with Gasteiger partial charge in [-0.3, -0.25) is 0 Å². The maximum Gasteiger partial charge on any atom is 1.00 e. The summed E-state index contributed by atoms with van der Waals surface area (Å²) in [6.07, 6.45) is 0. The van der Waals surface area contributed by atoms with Crippen molar-refractivity contribution in [3.63, 3.8) is 0 Å². The quantitative estimate of drug-likeness (QED) is 0.220. The van der Waals surface area contributed by atoms with Crippen LogP contribution >= 0.6 is 0 Å². The van der Waals surface area contributed by atoms with E-state index in [2.05, 4.69) is 4.33 Å². The molecule has 0 spiro atoms. The van der Waals surface area contributed by atoms with E-state index in [1.165, 1.54) is 0 Å². The Kier molecular flexibility index (Phi) is 7.88. The van der Waals surface area contributed by atoms with Crippen molar-refractivity contribution in [3.05, 3.63) is 0 Å². The van der Waals surface area contributed by atoms with E-state index in [1.54, 1.807) is 0 Å². The fourth-order valence-electron chi connectivity index (χ4n) is 0. The molecular formula is HCsO5S. The zero-order valence-electron chi connectivity index (χ0n) is 3.49. The third kappa shape index (κ3) is 11.4. The van der Waals surface area contributed by atoms with Crippen LogP contribution in [0, 0.1) is 0 Å². The molecule has 0 radical (unpaired) electrons. The normalized spacial score (nSPS) is 10.0. The second kappa shape index (κ2) is 4.73. The van der Waals surface area contributed by atoms with Crippen molar-refractivity contribution >= 4 is 10.4 Å². The van der Waals surface area contributed by atoms with Gasteiger partial charge in [-0.2, -0.15) is 0 Å². The SMILES string of the molecule is O=S(=O)([O-])OO.[Cs+]. The van der Waals surface area contributed by atoms with Gasteiger partial charge in [0.1, 0.15) is 0 Å². The molecule has 0 heterocycles. The van der Waals surface area contributed by atoms with E-state index in [0.29, 0.717) is 0 Å². The first-order chi connectivity index (χ1) is 2.56. The minimum Gasteiger partial charge on any atom is -0.724 e. The Morgan fingerprint density at radius 1 is 1.57 bits per heavy atom. The fourth-order valence-corrected chi connectivity index (χ4v) is 0. The van der Waals surface area contributed by atoms with Gasteiger partial charge in [0.15, 0.2) is 0 Å². The predicted molar refractivity (Wildman–Crippen MR) is 13.4 cm³/mol. The summed E-state index contributed by atoms with van der Waals surface area (Å²) in [5, 5.41) is 7.00.